The molecule has 33 heavy (non-hydrogen) atoms. The van der Waals surface area contributed by atoms with Crippen LogP contribution in [0.25, 0.3) is 0 Å². The first kappa shape index (κ1) is 22.1. The Balaban J connectivity index is 1.22. The number of ether oxygens (including phenoxy) is 1. The van der Waals surface area contributed by atoms with E-state index in [0.717, 1.165) is 45.2 Å². The number of aliphatic hydroxyl groups is 1. The first-order valence-corrected chi connectivity index (χ1v) is 12.2. The molecule has 174 valence electrons. The Labute approximate surface area is 195 Å². The van der Waals surface area contributed by atoms with Gasteiger partial charge in [0.15, 0.2) is 5.78 Å². The molecule has 0 radical (unpaired) electrons. The number of Topliss-reactive ketones (excluding diaryl/α,β-unsaturated/α-hetero) is 1. The molecule has 3 aliphatic rings. The molecule has 1 aliphatic carbocycles. The van der Waals surface area contributed by atoms with Crippen LogP contribution in [0.1, 0.15) is 57.5 Å². The third-order valence-corrected chi connectivity index (χ3v) is 7.24. The third kappa shape index (κ3) is 4.82. The predicted molar refractivity (Wildman–Crippen MR) is 126 cm³/mol. The highest BCUT2D eigenvalue weighted by molar-refractivity contribution is 6.02. The molecule has 2 aromatic rings. The molecule has 1 atom stereocenters. The van der Waals surface area contributed by atoms with E-state index in [2.05, 4.69) is 29.2 Å². The monoisotopic (exact) mass is 448 g/mol. The Morgan fingerprint density at radius 2 is 1.85 bits per heavy atom. The van der Waals surface area contributed by atoms with Crippen molar-refractivity contribution in [2.45, 2.75) is 44.8 Å². The summed E-state index contributed by atoms with van der Waals surface area (Å²) in [5.74, 6) is 0.586. The molecule has 0 aromatic heterocycles. The van der Waals surface area contributed by atoms with Crippen LogP contribution in [-0.4, -0.2) is 65.5 Å². The van der Waals surface area contributed by atoms with Gasteiger partial charge >= 0.3 is 0 Å². The lowest BCUT2D eigenvalue weighted by Crippen LogP contribution is -2.44. The number of amides is 1. The second-order valence-corrected chi connectivity index (χ2v) is 9.56. The van der Waals surface area contributed by atoms with Crippen molar-refractivity contribution in [3.63, 3.8) is 0 Å². The summed E-state index contributed by atoms with van der Waals surface area (Å²) in [6.45, 7) is 3.29. The van der Waals surface area contributed by atoms with Gasteiger partial charge in [-0.3, -0.25) is 14.5 Å². The molecule has 0 bridgehead atoms. The Kier molecular flexibility index (Phi) is 6.47. The number of ketones is 1. The van der Waals surface area contributed by atoms with Crippen molar-refractivity contribution >= 4 is 11.7 Å². The van der Waals surface area contributed by atoms with Gasteiger partial charge in [-0.1, -0.05) is 43.2 Å². The summed E-state index contributed by atoms with van der Waals surface area (Å²) < 4.78 is 5.87. The lowest BCUT2D eigenvalue weighted by Gasteiger charge is -2.32. The number of aliphatic hydroxyl groups excluding tert-OH is 1. The quantitative estimate of drug-likeness (QED) is 0.687. The summed E-state index contributed by atoms with van der Waals surface area (Å²) in [6, 6.07) is 13.6. The molecule has 1 unspecified atom stereocenters. The van der Waals surface area contributed by atoms with E-state index in [0.29, 0.717) is 36.6 Å². The number of hydrogen-bond acceptors (Lipinski definition) is 5. The maximum absolute atomic E-state index is 13.2. The highest BCUT2D eigenvalue weighted by atomic mass is 16.5. The number of β-amino-alcohol motifs (C(OH)–C–C–N with tert-alkyl or cyclic N) is 1. The zero-order valence-corrected chi connectivity index (χ0v) is 19.0. The number of carbonyl (C=O) groups is 2. The summed E-state index contributed by atoms with van der Waals surface area (Å²) >= 11 is 0. The van der Waals surface area contributed by atoms with Crippen LogP contribution in [0.4, 0.5) is 0 Å². The minimum Gasteiger partial charge on any atom is -0.491 e. The molecule has 1 N–H and O–H groups in total. The normalized spacial score (nSPS) is 20.0. The van der Waals surface area contributed by atoms with Gasteiger partial charge in [0.25, 0.3) is 5.91 Å². The van der Waals surface area contributed by atoms with Crippen molar-refractivity contribution in [3.8, 4) is 5.75 Å². The van der Waals surface area contributed by atoms with Crippen LogP contribution >= 0.6 is 0 Å². The van der Waals surface area contributed by atoms with Crippen LogP contribution < -0.4 is 4.74 Å². The van der Waals surface area contributed by atoms with Crippen molar-refractivity contribution in [3.05, 3.63) is 64.7 Å². The van der Waals surface area contributed by atoms with Crippen LogP contribution in [0.5, 0.6) is 5.75 Å². The molecule has 1 amide bonds. The molecule has 6 heteroatoms. The van der Waals surface area contributed by atoms with Gasteiger partial charge in [0.05, 0.1) is 18.2 Å². The van der Waals surface area contributed by atoms with Gasteiger partial charge in [0, 0.05) is 37.7 Å². The Hall–Kier alpha value is -2.70. The summed E-state index contributed by atoms with van der Waals surface area (Å²) in [5, 5.41) is 10.8. The molecule has 2 heterocycles. The standard InChI is InChI=1S/C27H32N2O4/c30-23(17-28-12-11-19-5-1-4-8-22(19)16-28)18-29-13-14-33-25-15-21(9-10-24(25)27(29)32)26(31)20-6-2-3-7-20/h1,4-5,8-10,15,20,23,30H,2-3,6-7,11-14,16-18H2. The minimum atomic E-state index is -0.635. The van der Waals surface area contributed by atoms with Crippen LogP contribution in [-0.2, 0) is 13.0 Å². The van der Waals surface area contributed by atoms with Crippen LogP contribution in [0.3, 0.4) is 0 Å². The molecule has 1 saturated carbocycles. The average molecular weight is 449 g/mol. The van der Waals surface area contributed by atoms with E-state index in [-0.39, 0.29) is 24.2 Å². The number of carbonyl (C=O) groups excluding carboxylic acids is 2. The van der Waals surface area contributed by atoms with Crippen molar-refractivity contribution in [1.82, 2.24) is 9.80 Å². The second kappa shape index (κ2) is 9.65. The van der Waals surface area contributed by atoms with Gasteiger partial charge in [-0.25, -0.2) is 0 Å². The number of hydrogen-bond donors (Lipinski definition) is 1. The van der Waals surface area contributed by atoms with E-state index in [9.17, 15) is 14.7 Å². The van der Waals surface area contributed by atoms with E-state index in [1.165, 1.54) is 11.1 Å². The number of benzene rings is 2. The van der Waals surface area contributed by atoms with Crippen LogP contribution in [0.15, 0.2) is 42.5 Å². The molecule has 0 spiro atoms. The Morgan fingerprint density at radius 3 is 2.67 bits per heavy atom. The fourth-order valence-corrected chi connectivity index (χ4v) is 5.43. The summed E-state index contributed by atoms with van der Waals surface area (Å²) in [7, 11) is 0. The maximum atomic E-state index is 13.2. The van der Waals surface area contributed by atoms with Crippen LogP contribution in [0.2, 0.25) is 0 Å². The first-order valence-electron chi connectivity index (χ1n) is 12.2. The minimum absolute atomic E-state index is 0.0953. The molecular formula is C27H32N2O4. The smallest absolute Gasteiger partial charge is 0.257 e. The van der Waals surface area contributed by atoms with E-state index in [4.69, 9.17) is 4.74 Å². The molecule has 2 aromatic carbocycles. The first-order chi connectivity index (χ1) is 16.1. The largest absolute Gasteiger partial charge is 0.491 e. The van der Waals surface area contributed by atoms with Gasteiger partial charge in [-0.05, 0) is 42.5 Å². The number of rotatable bonds is 6. The van der Waals surface area contributed by atoms with Gasteiger partial charge in [0.2, 0.25) is 0 Å². The predicted octanol–water partition coefficient (Wildman–Crippen LogP) is 3.31. The highest BCUT2D eigenvalue weighted by Gasteiger charge is 2.29. The van der Waals surface area contributed by atoms with Gasteiger partial charge in [0.1, 0.15) is 12.4 Å². The summed E-state index contributed by atoms with van der Waals surface area (Å²) in [5.41, 5.74) is 3.79. The molecule has 2 aliphatic heterocycles. The van der Waals surface area contributed by atoms with Crippen molar-refractivity contribution in [1.29, 1.82) is 0 Å². The van der Waals surface area contributed by atoms with E-state index in [1.54, 1.807) is 23.1 Å². The number of nitrogens with zero attached hydrogens (tertiary/aromatic N) is 2. The highest BCUT2D eigenvalue weighted by Crippen LogP contribution is 2.31. The van der Waals surface area contributed by atoms with Gasteiger partial charge in [-0.15, -0.1) is 0 Å². The lowest BCUT2D eigenvalue weighted by atomic mass is 9.95. The fraction of sp³-hybridized carbons (Fsp3) is 0.481. The zero-order chi connectivity index (χ0) is 22.8. The molecule has 5 rings (SSSR count). The van der Waals surface area contributed by atoms with Crippen molar-refractivity contribution in [2.75, 3.05) is 32.8 Å². The summed E-state index contributed by atoms with van der Waals surface area (Å²) in [4.78, 5) is 29.9. The second-order valence-electron chi connectivity index (χ2n) is 9.56. The zero-order valence-electron chi connectivity index (χ0n) is 19.0. The molecule has 1 fully saturated rings. The van der Waals surface area contributed by atoms with Crippen molar-refractivity contribution in [2.24, 2.45) is 5.92 Å². The van der Waals surface area contributed by atoms with E-state index >= 15 is 0 Å². The Morgan fingerprint density at radius 1 is 1.06 bits per heavy atom. The van der Waals surface area contributed by atoms with E-state index < -0.39 is 6.10 Å². The SMILES string of the molecule is O=C(c1ccc2c(c1)OCCN(CC(O)CN1CCc3ccccc3C1)C2=O)C1CCCC1. The number of fused-ring (bicyclic) bond motifs is 2. The van der Waals surface area contributed by atoms with Gasteiger partial charge < -0.3 is 14.7 Å². The Bertz CT molecular complexity index is 1030. The van der Waals surface area contributed by atoms with Crippen LogP contribution in [0, 0.1) is 5.92 Å². The summed E-state index contributed by atoms with van der Waals surface area (Å²) in [6.07, 6.45) is 4.46. The third-order valence-electron chi connectivity index (χ3n) is 7.24. The molecular weight excluding hydrogens is 416 g/mol. The lowest BCUT2D eigenvalue weighted by molar-refractivity contribution is 0.0501. The van der Waals surface area contributed by atoms with Crippen molar-refractivity contribution < 1.29 is 19.4 Å². The molecule has 0 saturated heterocycles. The fourth-order valence-electron chi connectivity index (χ4n) is 5.43. The topological polar surface area (TPSA) is 70.1 Å². The maximum Gasteiger partial charge on any atom is 0.257 e. The van der Waals surface area contributed by atoms with E-state index in [1.807, 2.05) is 0 Å². The van der Waals surface area contributed by atoms with Gasteiger partial charge in [-0.2, -0.15) is 0 Å². The average Bonchev–Trinajstić information content (AvgIpc) is 3.32. The molecule has 6 nitrogen and oxygen atoms in total.